The third kappa shape index (κ3) is 4.01. The number of hydrogen-bond donors (Lipinski definition) is 1. The Morgan fingerprint density at radius 1 is 1.29 bits per heavy atom. The van der Waals surface area contributed by atoms with Crippen LogP contribution in [0.25, 0.3) is 0 Å². The number of guanidine groups is 1. The van der Waals surface area contributed by atoms with E-state index in [2.05, 4.69) is 40.3 Å². The molecule has 0 bridgehead atoms. The van der Waals surface area contributed by atoms with Crippen LogP contribution in [0.5, 0.6) is 5.75 Å². The molecular formula is C19H29N3O2. The summed E-state index contributed by atoms with van der Waals surface area (Å²) in [6.45, 7) is 6.59. The molecule has 0 amide bonds. The average molecular weight is 331 g/mol. The Hall–Kier alpha value is -1.75. The van der Waals surface area contributed by atoms with Gasteiger partial charge in [0.05, 0.1) is 12.7 Å². The van der Waals surface area contributed by atoms with Crippen molar-refractivity contribution in [2.24, 2.45) is 4.99 Å². The Labute approximate surface area is 145 Å². The van der Waals surface area contributed by atoms with Crippen molar-refractivity contribution >= 4 is 5.96 Å². The molecule has 5 heteroatoms. The normalized spacial score (nSPS) is 22.0. The van der Waals surface area contributed by atoms with Crippen LogP contribution >= 0.6 is 0 Å². The summed E-state index contributed by atoms with van der Waals surface area (Å²) in [5.74, 6) is 2.52. The van der Waals surface area contributed by atoms with Crippen molar-refractivity contribution in [1.82, 2.24) is 10.2 Å². The van der Waals surface area contributed by atoms with E-state index in [4.69, 9.17) is 9.47 Å². The minimum absolute atomic E-state index is 0.409. The van der Waals surface area contributed by atoms with E-state index < -0.39 is 0 Å². The molecule has 3 rings (SSSR count). The summed E-state index contributed by atoms with van der Waals surface area (Å²) in [6, 6.07) is 8.37. The number of nitrogens with one attached hydrogen (secondary N) is 1. The summed E-state index contributed by atoms with van der Waals surface area (Å²) in [5.41, 5.74) is 1.31. The van der Waals surface area contributed by atoms with E-state index in [0.29, 0.717) is 12.0 Å². The lowest BCUT2D eigenvalue weighted by atomic mass is 9.93. The fourth-order valence-corrected chi connectivity index (χ4v) is 3.64. The van der Waals surface area contributed by atoms with Crippen LogP contribution < -0.4 is 10.1 Å². The fourth-order valence-electron chi connectivity index (χ4n) is 3.64. The number of aliphatic imine (C=N–C) groups is 1. The van der Waals surface area contributed by atoms with Gasteiger partial charge in [0.1, 0.15) is 5.75 Å². The minimum Gasteiger partial charge on any atom is -0.493 e. The predicted octanol–water partition coefficient (Wildman–Crippen LogP) is 2.63. The first kappa shape index (κ1) is 17.1. The fraction of sp³-hybridized carbons (Fsp3) is 0.632. The van der Waals surface area contributed by atoms with Crippen molar-refractivity contribution in [1.29, 1.82) is 0 Å². The minimum atomic E-state index is 0.409. The predicted molar refractivity (Wildman–Crippen MR) is 96.9 cm³/mol. The molecule has 5 nitrogen and oxygen atoms in total. The number of hydrogen-bond acceptors (Lipinski definition) is 3. The van der Waals surface area contributed by atoms with Gasteiger partial charge in [0.25, 0.3) is 0 Å². The molecular weight excluding hydrogens is 302 g/mol. The Bertz CT molecular complexity index is 553. The van der Waals surface area contributed by atoms with E-state index in [9.17, 15) is 0 Å². The molecule has 2 aliphatic heterocycles. The highest BCUT2D eigenvalue weighted by Crippen LogP contribution is 2.32. The number of ether oxygens (including phenoxy) is 2. The van der Waals surface area contributed by atoms with Crippen LogP contribution in [0.3, 0.4) is 0 Å². The van der Waals surface area contributed by atoms with Gasteiger partial charge in [-0.05, 0) is 37.8 Å². The molecule has 1 unspecified atom stereocenters. The summed E-state index contributed by atoms with van der Waals surface area (Å²) >= 11 is 0. The molecule has 2 aliphatic rings. The van der Waals surface area contributed by atoms with Crippen LogP contribution in [0.15, 0.2) is 29.3 Å². The highest BCUT2D eigenvalue weighted by Gasteiger charge is 2.24. The standard InChI is InChI=1S/C19H29N3O2/c1-3-23-16-8-11-22(12-9-16)19(20-2)21-14-15-10-13-24-18-7-5-4-6-17(15)18/h4-7,15-16H,3,8-14H2,1-2H3,(H,20,21). The zero-order chi connectivity index (χ0) is 16.8. The van der Waals surface area contributed by atoms with Crippen molar-refractivity contribution in [2.75, 3.05) is 39.9 Å². The van der Waals surface area contributed by atoms with Gasteiger partial charge in [-0.3, -0.25) is 4.99 Å². The lowest BCUT2D eigenvalue weighted by Gasteiger charge is -2.35. The molecule has 0 aliphatic carbocycles. The van der Waals surface area contributed by atoms with Crippen molar-refractivity contribution in [3.8, 4) is 5.75 Å². The van der Waals surface area contributed by atoms with Gasteiger partial charge in [-0.1, -0.05) is 18.2 Å². The smallest absolute Gasteiger partial charge is 0.193 e. The van der Waals surface area contributed by atoms with E-state index in [1.165, 1.54) is 5.56 Å². The van der Waals surface area contributed by atoms with Gasteiger partial charge >= 0.3 is 0 Å². The summed E-state index contributed by atoms with van der Waals surface area (Å²) < 4.78 is 11.5. The molecule has 0 radical (unpaired) electrons. The monoisotopic (exact) mass is 331 g/mol. The maximum Gasteiger partial charge on any atom is 0.193 e. The number of fused-ring (bicyclic) bond motifs is 1. The lowest BCUT2D eigenvalue weighted by Crippen LogP contribution is -2.48. The Balaban J connectivity index is 1.54. The lowest BCUT2D eigenvalue weighted by molar-refractivity contribution is 0.0263. The zero-order valence-electron chi connectivity index (χ0n) is 14.8. The maximum atomic E-state index is 5.76. The number of para-hydroxylation sites is 1. The first-order valence-electron chi connectivity index (χ1n) is 9.10. The average Bonchev–Trinajstić information content (AvgIpc) is 2.64. The summed E-state index contributed by atoms with van der Waals surface area (Å²) in [7, 11) is 1.87. The van der Waals surface area contributed by atoms with Crippen LogP contribution in [0, 0.1) is 0 Å². The first-order valence-corrected chi connectivity index (χ1v) is 9.10. The van der Waals surface area contributed by atoms with Gasteiger partial charge in [-0.15, -0.1) is 0 Å². The van der Waals surface area contributed by atoms with E-state index in [1.54, 1.807) is 0 Å². The molecule has 1 aromatic rings. The van der Waals surface area contributed by atoms with Crippen LogP contribution in [-0.2, 0) is 4.74 Å². The van der Waals surface area contributed by atoms with Gasteiger partial charge in [-0.25, -0.2) is 0 Å². The first-order chi connectivity index (χ1) is 11.8. The van der Waals surface area contributed by atoms with Crippen molar-refractivity contribution in [2.45, 2.75) is 38.2 Å². The van der Waals surface area contributed by atoms with E-state index >= 15 is 0 Å². The van der Waals surface area contributed by atoms with Crippen LogP contribution in [0.2, 0.25) is 0 Å². The quantitative estimate of drug-likeness (QED) is 0.680. The van der Waals surface area contributed by atoms with Crippen molar-refractivity contribution < 1.29 is 9.47 Å². The molecule has 1 N–H and O–H groups in total. The molecule has 24 heavy (non-hydrogen) atoms. The second kappa shape index (κ2) is 8.38. The van der Waals surface area contributed by atoms with Crippen LogP contribution in [-0.4, -0.2) is 56.9 Å². The van der Waals surface area contributed by atoms with E-state index in [1.807, 2.05) is 13.1 Å². The molecule has 0 spiro atoms. The molecule has 2 heterocycles. The molecule has 1 atom stereocenters. The van der Waals surface area contributed by atoms with Crippen molar-refractivity contribution in [3.05, 3.63) is 29.8 Å². The number of likely N-dealkylation sites (tertiary alicyclic amines) is 1. The largest absolute Gasteiger partial charge is 0.493 e. The van der Waals surface area contributed by atoms with Gasteiger partial charge in [0, 0.05) is 39.2 Å². The number of rotatable bonds is 4. The SMILES string of the molecule is CCOC1CCN(C(=NC)NCC2CCOc3ccccc32)CC1. The number of piperidine rings is 1. The Morgan fingerprint density at radius 2 is 2.08 bits per heavy atom. The molecule has 0 aromatic heterocycles. The molecule has 1 fully saturated rings. The summed E-state index contributed by atoms with van der Waals surface area (Å²) in [5, 5.41) is 3.58. The van der Waals surface area contributed by atoms with Crippen molar-refractivity contribution in [3.63, 3.8) is 0 Å². The van der Waals surface area contributed by atoms with E-state index in [-0.39, 0.29) is 0 Å². The van der Waals surface area contributed by atoms with Crippen LogP contribution in [0.1, 0.15) is 37.7 Å². The maximum absolute atomic E-state index is 5.76. The highest BCUT2D eigenvalue weighted by atomic mass is 16.5. The Kier molecular flexibility index (Phi) is 5.96. The third-order valence-electron chi connectivity index (χ3n) is 4.94. The van der Waals surface area contributed by atoms with Gasteiger partial charge in [0.2, 0.25) is 0 Å². The highest BCUT2D eigenvalue weighted by molar-refractivity contribution is 5.80. The van der Waals surface area contributed by atoms with Gasteiger partial charge in [0.15, 0.2) is 5.96 Å². The van der Waals surface area contributed by atoms with Gasteiger partial charge in [-0.2, -0.15) is 0 Å². The second-order valence-corrected chi connectivity index (χ2v) is 6.44. The molecule has 0 saturated carbocycles. The number of benzene rings is 1. The molecule has 1 saturated heterocycles. The summed E-state index contributed by atoms with van der Waals surface area (Å²) in [4.78, 5) is 6.83. The molecule has 132 valence electrons. The van der Waals surface area contributed by atoms with Gasteiger partial charge < -0.3 is 19.7 Å². The zero-order valence-corrected chi connectivity index (χ0v) is 14.8. The summed E-state index contributed by atoms with van der Waals surface area (Å²) in [6.07, 6.45) is 3.61. The third-order valence-corrected chi connectivity index (χ3v) is 4.94. The molecule has 1 aromatic carbocycles. The second-order valence-electron chi connectivity index (χ2n) is 6.44. The Morgan fingerprint density at radius 3 is 2.83 bits per heavy atom. The topological polar surface area (TPSA) is 46.1 Å². The van der Waals surface area contributed by atoms with Crippen LogP contribution in [0.4, 0.5) is 0 Å². The number of nitrogens with zero attached hydrogens (tertiary/aromatic N) is 2. The van der Waals surface area contributed by atoms with E-state index in [0.717, 1.165) is 63.8 Å².